The van der Waals surface area contributed by atoms with Crippen molar-refractivity contribution in [3.8, 4) is 0 Å². The van der Waals surface area contributed by atoms with Crippen LogP contribution in [0.25, 0.3) is 11.0 Å². The third-order valence-electron chi connectivity index (χ3n) is 6.55. The van der Waals surface area contributed by atoms with Crippen molar-refractivity contribution in [3.63, 3.8) is 0 Å². The van der Waals surface area contributed by atoms with Gasteiger partial charge in [-0.25, -0.2) is 18.1 Å². The first-order chi connectivity index (χ1) is 16.1. The molecule has 9 heteroatoms. The highest BCUT2D eigenvalue weighted by molar-refractivity contribution is 7.89. The van der Waals surface area contributed by atoms with Crippen LogP contribution < -0.4 is 5.32 Å². The van der Waals surface area contributed by atoms with E-state index in [0.29, 0.717) is 41.3 Å². The summed E-state index contributed by atoms with van der Waals surface area (Å²) in [5.41, 5.74) is 4.24. The first-order valence-corrected chi connectivity index (χ1v) is 13.3. The number of carbonyl (C=O) groups excluding carboxylic acids is 1. The van der Waals surface area contributed by atoms with Crippen LogP contribution in [0.4, 0.5) is 5.69 Å². The molecule has 0 atom stereocenters. The van der Waals surface area contributed by atoms with Crippen molar-refractivity contribution in [2.75, 3.05) is 18.4 Å². The Morgan fingerprint density at radius 1 is 1.18 bits per heavy atom. The van der Waals surface area contributed by atoms with E-state index in [1.54, 1.807) is 18.3 Å². The van der Waals surface area contributed by atoms with Crippen LogP contribution in [0, 0.1) is 13.8 Å². The Morgan fingerprint density at radius 3 is 2.44 bits per heavy atom. The van der Waals surface area contributed by atoms with E-state index in [2.05, 4.69) is 10.4 Å². The van der Waals surface area contributed by atoms with Gasteiger partial charge in [0, 0.05) is 36.4 Å². The first kappa shape index (κ1) is 24.3. The lowest BCUT2D eigenvalue weighted by molar-refractivity contribution is 0.102. The Bertz CT molecular complexity index is 1350. The van der Waals surface area contributed by atoms with Crippen LogP contribution in [-0.2, 0) is 10.0 Å². The summed E-state index contributed by atoms with van der Waals surface area (Å²) in [5.74, 6) is 0.0791. The number of nitrogens with one attached hydrogen (secondary N) is 1. The molecule has 1 aliphatic rings. The Hall–Kier alpha value is -2.78. The number of aryl methyl sites for hydroxylation is 1. The second kappa shape index (κ2) is 9.11. The van der Waals surface area contributed by atoms with Gasteiger partial charge in [-0.05, 0) is 69.9 Å². The number of benzene rings is 1. The number of fused-ring (bicyclic) bond motifs is 1. The second-order valence-electron chi connectivity index (χ2n) is 9.25. The molecule has 0 saturated heterocycles. The number of pyridine rings is 1. The van der Waals surface area contributed by atoms with E-state index in [9.17, 15) is 13.2 Å². The van der Waals surface area contributed by atoms with Gasteiger partial charge in [-0.15, -0.1) is 0 Å². The van der Waals surface area contributed by atoms with Gasteiger partial charge in [0.15, 0.2) is 5.65 Å². The van der Waals surface area contributed by atoms with Gasteiger partial charge in [0.2, 0.25) is 10.0 Å². The molecule has 0 radical (unpaired) electrons. The largest absolute Gasteiger partial charge is 0.322 e. The van der Waals surface area contributed by atoms with E-state index in [1.165, 1.54) is 4.31 Å². The summed E-state index contributed by atoms with van der Waals surface area (Å²) in [7, 11) is -3.66. The molecule has 1 N–H and O–H groups in total. The number of hydrogen-bond acceptors (Lipinski definition) is 5. The minimum absolute atomic E-state index is 0.113. The molecule has 34 heavy (non-hydrogen) atoms. The highest BCUT2D eigenvalue weighted by Crippen LogP contribution is 2.40. The number of sulfonamides is 1. The average molecular weight is 484 g/mol. The lowest BCUT2D eigenvalue weighted by Gasteiger charge is -2.20. The van der Waals surface area contributed by atoms with Crippen LogP contribution in [-0.4, -0.2) is 46.5 Å². The predicted octanol–water partition coefficient (Wildman–Crippen LogP) is 4.79. The minimum atomic E-state index is -3.66. The monoisotopic (exact) mass is 483 g/mol. The van der Waals surface area contributed by atoms with Crippen LogP contribution in [0.2, 0.25) is 0 Å². The number of nitrogens with zero attached hydrogens (tertiary/aromatic N) is 4. The van der Waals surface area contributed by atoms with Gasteiger partial charge >= 0.3 is 0 Å². The molecule has 182 valence electrons. The highest BCUT2D eigenvalue weighted by atomic mass is 32.2. The fourth-order valence-corrected chi connectivity index (χ4v) is 5.77. The van der Waals surface area contributed by atoms with E-state index in [1.807, 2.05) is 52.3 Å². The Labute approximate surface area is 201 Å². The fourth-order valence-electron chi connectivity index (χ4n) is 4.20. The predicted molar refractivity (Wildman–Crippen MR) is 134 cm³/mol. The van der Waals surface area contributed by atoms with Gasteiger partial charge in [-0.1, -0.05) is 13.8 Å². The van der Waals surface area contributed by atoms with Crippen molar-refractivity contribution in [2.24, 2.45) is 0 Å². The molecule has 2 aromatic heterocycles. The van der Waals surface area contributed by atoms with E-state index in [0.717, 1.165) is 29.7 Å². The van der Waals surface area contributed by atoms with Gasteiger partial charge < -0.3 is 5.32 Å². The Kier molecular flexibility index (Phi) is 6.52. The van der Waals surface area contributed by atoms with Gasteiger partial charge in [-0.2, -0.15) is 9.40 Å². The number of carbonyl (C=O) groups is 1. The van der Waals surface area contributed by atoms with Crippen molar-refractivity contribution >= 4 is 32.7 Å². The molecule has 1 aliphatic carbocycles. The van der Waals surface area contributed by atoms with Crippen molar-refractivity contribution in [1.82, 2.24) is 19.1 Å². The minimum Gasteiger partial charge on any atom is -0.322 e. The van der Waals surface area contributed by atoms with Crippen LogP contribution in [0.15, 0.2) is 29.3 Å². The fraction of sp³-hybridized carbons (Fsp3) is 0.480. The van der Waals surface area contributed by atoms with Crippen molar-refractivity contribution in [3.05, 3.63) is 46.8 Å². The number of aromatic nitrogens is 3. The maximum Gasteiger partial charge on any atom is 0.256 e. The van der Waals surface area contributed by atoms with Crippen molar-refractivity contribution in [1.29, 1.82) is 0 Å². The third-order valence-corrected chi connectivity index (χ3v) is 8.58. The van der Waals surface area contributed by atoms with Crippen molar-refractivity contribution < 1.29 is 13.2 Å². The smallest absolute Gasteiger partial charge is 0.256 e. The summed E-state index contributed by atoms with van der Waals surface area (Å²) in [5, 5.41) is 8.15. The molecular weight excluding hydrogens is 450 g/mol. The molecule has 0 bridgehead atoms. The maximum atomic E-state index is 13.5. The summed E-state index contributed by atoms with van der Waals surface area (Å²) in [6, 6.07) is 5.20. The van der Waals surface area contributed by atoms with E-state index in [-0.39, 0.29) is 16.8 Å². The Morgan fingerprint density at radius 2 is 1.85 bits per heavy atom. The van der Waals surface area contributed by atoms with Crippen molar-refractivity contribution in [2.45, 2.75) is 71.2 Å². The summed E-state index contributed by atoms with van der Waals surface area (Å²) >= 11 is 0. The molecule has 1 amide bonds. The average Bonchev–Trinajstić information content (AvgIpc) is 3.55. The molecule has 2 heterocycles. The molecule has 8 nitrogen and oxygen atoms in total. The highest BCUT2D eigenvalue weighted by Gasteiger charge is 2.29. The molecule has 1 fully saturated rings. The SMILES string of the molecule is CCN(CC)S(=O)(=O)c1cc(C)c(C)c(NC(=O)c2cc(C3CC3)nc3c2cnn3C(C)C)c1. The topological polar surface area (TPSA) is 97.2 Å². The summed E-state index contributed by atoms with van der Waals surface area (Å²) < 4.78 is 29.5. The summed E-state index contributed by atoms with van der Waals surface area (Å²) in [6.07, 6.45) is 3.82. The first-order valence-electron chi connectivity index (χ1n) is 11.9. The molecule has 0 unspecified atom stereocenters. The third kappa shape index (κ3) is 4.34. The Balaban J connectivity index is 1.77. The normalized spacial score (nSPS) is 14.4. The molecule has 4 rings (SSSR count). The summed E-state index contributed by atoms with van der Waals surface area (Å²) in [4.78, 5) is 18.5. The maximum absolute atomic E-state index is 13.5. The molecule has 1 aromatic carbocycles. The zero-order valence-corrected chi connectivity index (χ0v) is 21.5. The molecular formula is C25H33N5O3S. The number of anilines is 1. The van der Waals surface area contributed by atoms with Gasteiger partial charge in [0.1, 0.15) is 0 Å². The van der Waals surface area contributed by atoms with Gasteiger partial charge in [0.05, 0.1) is 22.0 Å². The van der Waals surface area contributed by atoms with Crippen LogP contribution in [0.3, 0.4) is 0 Å². The number of amides is 1. The van der Waals surface area contributed by atoms with Gasteiger partial charge in [-0.3, -0.25) is 4.79 Å². The second-order valence-corrected chi connectivity index (χ2v) is 11.2. The lowest BCUT2D eigenvalue weighted by Crippen LogP contribution is -2.30. The molecule has 0 spiro atoms. The van der Waals surface area contributed by atoms with E-state index in [4.69, 9.17) is 4.98 Å². The van der Waals surface area contributed by atoms with Crippen LogP contribution in [0.1, 0.15) is 79.7 Å². The molecule has 0 aliphatic heterocycles. The zero-order valence-electron chi connectivity index (χ0n) is 20.7. The van der Waals surface area contributed by atoms with Crippen LogP contribution in [0.5, 0.6) is 0 Å². The summed E-state index contributed by atoms with van der Waals surface area (Å²) in [6.45, 7) is 12.2. The molecule has 1 saturated carbocycles. The number of rotatable bonds is 8. The van der Waals surface area contributed by atoms with Crippen LogP contribution >= 0.6 is 0 Å². The molecule has 3 aromatic rings. The lowest BCUT2D eigenvalue weighted by atomic mass is 10.1. The van der Waals surface area contributed by atoms with Gasteiger partial charge in [0.25, 0.3) is 5.91 Å². The number of hydrogen-bond donors (Lipinski definition) is 1. The van der Waals surface area contributed by atoms with E-state index >= 15 is 0 Å². The quantitative estimate of drug-likeness (QED) is 0.497. The zero-order chi connectivity index (χ0) is 24.8. The standard InChI is InChI=1S/C25H33N5O3S/c1-7-29(8-2)34(32,33)19-11-16(5)17(6)22(12-19)28-25(31)20-13-23(18-9-10-18)27-24-21(20)14-26-30(24)15(3)4/h11-15,18H,7-10H2,1-6H3,(H,28,31). The van der Waals surface area contributed by atoms with E-state index < -0.39 is 10.0 Å².